The van der Waals surface area contributed by atoms with Crippen molar-refractivity contribution >= 4 is 38.9 Å². The van der Waals surface area contributed by atoms with E-state index in [2.05, 4.69) is 125 Å². The molecule has 0 radical (unpaired) electrons. The van der Waals surface area contributed by atoms with E-state index >= 15 is 0 Å². The molecule has 49 heavy (non-hydrogen) atoms. The van der Waals surface area contributed by atoms with Gasteiger partial charge in [-0.15, -0.1) is 47.3 Å². The SMILES string of the molecule is Cn1ccnc1-c1[c-]c(N(c2[c-]c3c(cc2)c2ccccc2n3-c2ccccn2)c2cccc3c2Oc2ccccc2C3(C)C)ccc1.[Pt+2]. The number of imidazole rings is 1. The molecule has 240 valence electrons. The van der Waals surface area contributed by atoms with E-state index in [0.717, 1.165) is 78.7 Å². The molecule has 8 aromatic rings. The van der Waals surface area contributed by atoms with E-state index in [4.69, 9.17) is 9.72 Å². The quantitative estimate of drug-likeness (QED) is 0.162. The van der Waals surface area contributed by atoms with Crippen molar-refractivity contribution in [1.29, 1.82) is 0 Å². The molecule has 4 heterocycles. The number of ether oxygens (including phenoxy) is 1. The Bertz CT molecular complexity index is 2500. The summed E-state index contributed by atoms with van der Waals surface area (Å²) < 4.78 is 11.0. The Balaban J connectivity index is 0.00000348. The zero-order chi connectivity index (χ0) is 32.4. The molecule has 0 fully saturated rings. The van der Waals surface area contributed by atoms with Crippen LogP contribution in [0.3, 0.4) is 0 Å². The summed E-state index contributed by atoms with van der Waals surface area (Å²) in [6, 6.07) is 47.2. The number of hydrogen-bond donors (Lipinski definition) is 0. The van der Waals surface area contributed by atoms with E-state index in [0.29, 0.717) is 0 Å². The summed E-state index contributed by atoms with van der Waals surface area (Å²) in [6.07, 6.45) is 5.59. The van der Waals surface area contributed by atoms with Crippen LogP contribution in [0, 0.1) is 12.1 Å². The molecule has 1 aliphatic rings. The number of aryl methyl sites for hydroxylation is 1. The molecule has 0 saturated carbocycles. The topological polar surface area (TPSA) is 48.1 Å². The minimum absolute atomic E-state index is 0. The molecule has 6 nitrogen and oxygen atoms in total. The van der Waals surface area contributed by atoms with Crippen LogP contribution < -0.4 is 9.64 Å². The fraction of sp³-hybridized carbons (Fsp3) is 0.0952. The molecule has 7 heteroatoms. The largest absolute Gasteiger partial charge is 2.00 e. The predicted molar refractivity (Wildman–Crippen MR) is 192 cm³/mol. The van der Waals surface area contributed by atoms with Crippen LogP contribution in [0.2, 0.25) is 0 Å². The molecule has 5 aromatic carbocycles. The molecule has 0 N–H and O–H groups in total. The number of fused-ring (bicyclic) bond motifs is 5. The van der Waals surface area contributed by atoms with Gasteiger partial charge in [0.15, 0.2) is 5.75 Å². The van der Waals surface area contributed by atoms with Gasteiger partial charge in [-0.25, -0.2) is 4.98 Å². The standard InChI is InChI=1S/C42H31N5O.Pt/c1-42(2)33-15-5-7-19-38(33)48-40-34(42)16-11-18-36(40)46(29-13-10-12-28(26-29)41-44-24-25-45(41)3)30-21-22-32-31-14-4-6-17-35(31)47(37(32)27-30)39-20-8-9-23-43-39;/h4-25H,1-3H3;/q-2;+2. The number of benzene rings is 5. The average Bonchev–Trinajstić information content (AvgIpc) is 3.70. The van der Waals surface area contributed by atoms with E-state index in [1.807, 2.05) is 60.5 Å². The number of rotatable bonds is 5. The monoisotopic (exact) mass is 816 g/mol. The zero-order valence-corrected chi connectivity index (χ0v) is 29.4. The number of para-hydroxylation sites is 3. The molecule has 0 amide bonds. The van der Waals surface area contributed by atoms with Crippen molar-refractivity contribution in [1.82, 2.24) is 19.1 Å². The molecule has 0 bridgehead atoms. The molecule has 1 aliphatic heterocycles. The summed E-state index contributed by atoms with van der Waals surface area (Å²) in [6.45, 7) is 4.53. The first kappa shape index (κ1) is 30.9. The van der Waals surface area contributed by atoms with Gasteiger partial charge in [-0.1, -0.05) is 79.6 Å². The Kier molecular flexibility index (Phi) is 7.50. The minimum atomic E-state index is -0.274. The number of anilines is 3. The van der Waals surface area contributed by atoms with Crippen molar-refractivity contribution in [2.45, 2.75) is 19.3 Å². The summed E-state index contributed by atoms with van der Waals surface area (Å²) in [4.78, 5) is 11.6. The van der Waals surface area contributed by atoms with E-state index in [1.165, 1.54) is 0 Å². The second kappa shape index (κ2) is 11.9. The van der Waals surface area contributed by atoms with E-state index in [9.17, 15) is 0 Å². The van der Waals surface area contributed by atoms with Crippen LogP contribution in [-0.4, -0.2) is 19.1 Å². The molecule has 3 aromatic heterocycles. The Morgan fingerprint density at radius 1 is 0.694 bits per heavy atom. The second-order valence-corrected chi connectivity index (χ2v) is 12.7. The molecule has 0 unspecified atom stereocenters. The van der Waals surface area contributed by atoms with Gasteiger partial charge in [-0.2, -0.15) is 6.07 Å². The van der Waals surface area contributed by atoms with Gasteiger partial charge in [-0.3, -0.25) is 4.98 Å². The van der Waals surface area contributed by atoms with Crippen LogP contribution in [0.15, 0.2) is 134 Å². The van der Waals surface area contributed by atoms with Crippen LogP contribution in [0.1, 0.15) is 25.0 Å². The fourth-order valence-corrected chi connectivity index (χ4v) is 7.10. The van der Waals surface area contributed by atoms with Crippen molar-refractivity contribution < 1.29 is 25.8 Å². The Morgan fingerprint density at radius 3 is 2.31 bits per heavy atom. The number of nitrogens with zero attached hydrogens (tertiary/aromatic N) is 5. The van der Waals surface area contributed by atoms with Crippen LogP contribution in [0.4, 0.5) is 17.1 Å². The molecule has 9 rings (SSSR count). The van der Waals surface area contributed by atoms with Gasteiger partial charge in [0.2, 0.25) is 0 Å². The molecular weight excluding hydrogens is 786 g/mol. The number of aromatic nitrogens is 4. The third-order valence-electron chi connectivity index (χ3n) is 9.45. The summed E-state index contributed by atoms with van der Waals surface area (Å²) in [5.74, 6) is 3.36. The zero-order valence-electron chi connectivity index (χ0n) is 27.2. The first-order chi connectivity index (χ1) is 23.5. The Hall–Kier alpha value is -5.45. The Morgan fingerprint density at radius 2 is 1.47 bits per heavy atom. The number of hydrogen-bond acceptors (Lipinski definition) is 4. The van der Waals surface area contributed by atoms with E-state index in [-0.39, 0.29) is 26.5 Å². The maximum atomic E-state index is 6.82. The normalized spacial score (nSPS) is 13.0. The Labute approximate surface area is 299 Å². The van der Waals surface area contributed by atoms with Gasteiger partial charge in [0.1, 0.15) is 11.6 Å². The predicted octanol–water partition coefficient (Wildman–Crippen LogP) is 10.1. The van der Waals surface area contributed by atoms with Crippen molar-refractivity contribution in [3.8, 4) is 28.7 Å². The summed E-state index contributed by atoms with van der Waals surface area (Å²) >= 11 is 0. The van der Waals surface area contributed by atoms with Gasteiger partial charge in [0.05, 0.1) is 11.5 Å². The molecule has 0 aliphatic carbocycles. The fourth-order valence-electron chi connectivity index (χ4n) is 7.10. The van der Waals surface area contributed by atoms with Gasteiger partial charge in [-0.05, 0) is 41.4 Å². The van der Waals surface area contributed by atoms with Crippen LogP contribution in [-0.2, 0) is 33.5 Å². The first-order valence-corrected chi connectivity index (χ1v) is 16.1. The van der Waals surface area contributed by atoms with Crippen LogP contribution in [0.25, 0.3) is 39.0 Å². The van der Waals surface area contributed by atoms with Crippen molar-refractivity contribution in [3.63, 3.8) is 0 Å². The minimum Gasteiger partial charge on any atom is -0.455 e. The maximum absolute atomic E-state index is 6.82. The summed E-state index contributed by atoms with van der Waals surface area (Å²) in [5, 5.41) is 2.25. The second-order valence-electron chi connectivity index (χ2n) is 12.7. The van der Waals surface area contributed by atoms with Crippen molar-refractivity contribution in [2.75, 3.05) is 4.90 Å². The van der Waals surface area contributed by atoms with Gasteiger partial charge < -0.3 is 18.8 Å². The van der Waals surface area contributed by atoms with Crippen molar-refractivity contribution in [2.24, 2.45) is 7.05 Å². The van der Waals surface area contributed by atoms with E-state index in [1.54, 1.807) is 0 Å². The summed E-state index contributed by atoms with van der Waals surface area (Å²) in [5.41, 5.74) is 7.52. The first-order valence-electron chi connectivity index (χ1n) is 16.1. The molecule has 0 saturated heterocycles. The van der Waals surface area contributed by atoms with Gasteiger partial charge >= 0.3 is 21.1 Å². The molecular formula is C42H31N5OPt. The molecule has 0 atom stereocenters. The number of pyridine rings is 1. The van der Waals surface area contributed by atoms with Gasteiger partial charge in [0.25, 0.3) is 0 Å². The van der Waals surface area contributed by atoms with Gasteiger partial charge in [0, 0.05) is 47.7 Å². The third kappa shape index (κ3) is 4.89. The van der Waals surface area contributed by atoms with E-state index < -0.39 is 0 Å². The third-order valence-corrected chi connectivity index (χ3v) is 9.45. The summed E-state index contributed by atoms with van der Waals surface area (Å²) in [7, 11) is 2.00. The smallest absolute Gasteiger partial charge is 0.455 e. The van der Waals surface area contributed by atoms with Crippen molar-refractivity contribution in [3.05, 3.63) is 157 Å². The average molecular weight is 817 g/mol. The molecule has 0 spiro atoms. The van der Waals surface area contributed by atoms with Crippen LogP contribution >= 0.6 is 0 Å². The maximum Gasteiger partial charge on any atom is 2.00 e. The van der Waals surface area contributed by atoms with Crippen LogP contribution in [0.5, 0.6) is 11.5 Å².